The van der Waals surface area contributed by atoms with Gasteiger partial charge in [0.1, 0.15) is 0 Å². The molecule has 0 saturated heterocycles. The number of ether oxygens (including phenoxy) is 1. The van der Waals surface area contributed by atoms with E-state index < -0.39 is 0 Å². The molecular weight excluding hydrogens is 270 g/mol. The largest absolute Gasteiger partial charge is 0.465 e. The summed E-state index contributed by atoms with van der Waals surface area (Å²) in [7, 11) is 1.90. The van der Waals surface area contributed by atoms with Gasteiger partial charge >= 0.3 is 5.97 Å². The third-order valence-electron chi connectivity index (χ3n) is 2.10. The number of carbonyl (C=O) groups excluding carboxylic acids is 1. The number of esters is 1. The first kappa shape index (κ1) is 13.2. The van der Waals surface area contributed by atoms with Crippen molar-refractivity contribution in [2.75, 3.05) is 20.2 Å². The van der Waals surface area contributed by atoms with Crippen molar-refractivity contribution < 1.29 is 9.53 Å². The minimum Gasteiger partial charge on any atom is -0.465 e. The van der Waals surface area contributed by atoms with Crippen LogP contribution in [0.1, 0.15) is 12.5 Å². The molecule has 1 aromatic carbocycles. The molecule has 3 nitrogen and oxygen atoms in total. The van der Waals surface area contributed by atoms with Gasteiger partial charge in [0.15, 0.2) is 0 Å². The number of benzene rings is 1. The number of hydrogen-bond acceptors (Lipinski definition) is 3. The molecule has 1 aromatic rings. The van der Waals surface area contributed by atoms with Crippen molar-refractivity contribution in [2.24, 2.45) is 0 Å². The van der Waals surface area contributed by atoms with Crippen LogP contribution in [0.15, 0.2) is 28.7 Å². The van der Waals surface area contributed by atoms with Crippen LogP contribution in [-0.2, 0) is 16.1 Å². The molecule has 0 atom stereocenters. The lowest BCUT2D eigenvalue weighted by Gasteiger charge is -2.16. The standard InChI is InChI=1S/C12H16BrNO2/c1-3-16-12(15)9-14(2)8-10-6-4-5-7-11(10)13/h4-7H,3,8-9H2,1-2H3. The molecule has 88 valence electrons. The van der Waals surface area contributed by atoms with Gasteiger partial charge in [0.2, 0.25) is 0 Å². The molecule has 0 saturated carbocycles. The number of likely N-dealkylation sites (N-methyl/N-ethyl adjacent to an activating group) is 1. The summed E-state index contributed by atoms with van der Waals surface area (Å²) in [5, 5.41) is 0. The van der Waals surface area contributed by atoms with Crippen LogP contribution >= 0.6 is 15.9 Å². The van der Waals surface area contributed by atoms with Gasteiger partial charge < -0.3 is 4.74 Å². The molecule has 0 N–H and O–H groups in total. The van der Waals surface area contributed by atoms with Gasteiger partial charge in [0, 0.05) is 11.0 Å². The second kappa shape index (κ2) is 6.66. The smallest absolute Gasteiger partial charge is 0.320 e. The molecule has 0 bridgehead atoms. The predicted molar refractivity (Wildman–Crippen MR) is 67.1 cm³/mol. The maximum Gasteiger partial charge on any atom is 0.320 e. The Balaban J connectivity index is 2.48. The van der Waals surface area contributed by atoms with E-state index in [1.807, 2.05) is 43.1 Å². The minimum atomic E-state index is -0.183. The van der Waals surface area contributed by atoms with Crippen LogP contribution in [0.2, 0.25) is 0 Å². The Morgan fingerprint density at radius 3 is 2.75 bits per heavy atom. The monoisotopic (exact) mass is 285 g/mol. The van der Waals surface area contributed by atoms with Crippen LogP contribution in [0.25, 0.3) is 0 Å². The molecule has 0 amide bonds. The molecule has 0 heterocycles. The lowest BCUT2D eigenvalue weighted by Crippen LogP contribution is -2.27. The van der Waals surface area contributed by atoms with Crippen LogP contribution in [-0.4, -0.2) is 31.1 Å². The van der Waals surface area contributed by atoms with Crippen LogP contribution in [0.4, 0.5) is 0 Å². The van der Waals surface area contributed by atoms with Crippen molar-refractivity contribution in [1.29, 1.82) is 0 Å². The summed E-state index contributed by atoms with van der Waals surface area (Å²) in [4.78, 5) is 13.2. The maximum atomic E-state index is 11.3. The highest BCUT2D eigenvalue weighted by Crippen LogP contribution is 2.17. The second-order valence-corrected chi connectivity index (χ2v) is 4.42. The summed E-state index contributed by atoms with van der Waals surface area (Å²) in [5.74, 6) is -0.183. The molecular formula is C12H16BrNO2. The van der Waals surface area contributed by atoms with Crippen molar-refractivity contribution in [3.05, 3.63) is 34.3 Å². The fourth-order valence-corrected chi connectivity index (χ4v) is 1.81. The Morgan fingerprint density at radius 2 is 2.12 bits per heavy atom. The highest BCUT2D eigenvalue weighted by molar-refractivity contribution is 9.10. The number of rotatable bonds is 5. The lowest BCUT2D eigenvalue weighted by molar-refractivity contribution is -0.144. The van der Waals surface area contributed by atoms with Crippen molar-refractivity contribution in [3.8, 4) is 0 Å². The number of halogens is 1. The third kappa shape index (κ3) is 4.33. The Hall–Kier alpha value is -0.870. The Labute approximate surface area is 105 Å². The molecule has 0 unspecified atom stereocenters. The predicted octanol–water partition coefficient (Wildman–Crippen LogP) is 2.44. The van der Waals surface area contributed by atoms with Gasteiger partial charge in [-0.2, -0.15) is 0 Å². The van der Waals surface area contributed by atoms with E-state index in [0.717, 1.165) is 16.6 Å². The third-order valence-corrected chi connectivity index (χ3v) is 2.88. The van der Waals surface area contributed by atoms with Crippen LogP contribution in [0.3, 0.4) is 0 Å². The van der Waals surface area contributed by atoms with Crippen molar-refractivity contribution >= 4 is 21.9 Å². The van der Waals surface area contributed by atoms with E-state index in [0.29, 0.717) is 13.2 Å². The Bertz CT molecular complexity index is 355. The fraction of sp³-hybridized carbons (Fsp3) is 0.417. The van der Waals surface area contributed by atoms with Crippen LogP contribution in [0.5, 0.6) is 0 Å². The van der Waals surface area contributed by atoms with Gasteiger partial charge in [-0.3, -0.25) is 9.69 Å². The zero-order valence-corrected chi connectivity index (χ0v) is 11.2. The van der Waals surface area contributed by atoms with Gasteiger partial charge in [-0.25, -0.2) is 0 Å². The summed E-state index contributed by atoms with van der Waals surface area (Å²) in [6, 6.07) is 7.98. The molecule has 0 aliphatic rings. The van der Waals surface area contributed by atoms with E-state index >= 15 is 0 Å². The molecule has 0 radical (unpaired) electrons. The van der Waals surface area contributed by atoms with Crippen LogP contribution < -0.4 is 0 Å². The highest BCUT2D eigenvalue weighted by Gasteiger charge is 2.08. The number of nitrogens with zero attached hydrogens (tertiary/aromatic N) is 1. The number of hydrogen-bond donors (Lipinski definition) is 0. The molecule has 1 rings (SSSR count). The quantitative estimate of drug-likeness (QED) is 0.779. The summed E-state index contributed by atoms with van der Waals surface area (Å²) < 4.78 is 5.95. The lowest BCUT2D eigenvalue weighted by atomic mass is 10.2. The molecule has 0 aliphatic carbocycles. The van der Waals surface area contributed by atoms with Gasteiger partial charge in [0.05, 0.1) is 13.2 Å². The molecule has 0 aliphatic heterocycles. The maximum absolute atomic E-state index is 11.3. The molecule has 0 spiro atoms. The van der Waals surface area contributed by atoms with E-state index in [-0.39, 0.29) is 5.97 Å². The summed E-state index contributed by atoms with van der Waals surface area (Å²) in [6.45, 7) is 3.28. The Morgan fingerprint density at radius 1 is 1.44 bits per heavy atom. The van der Waals surface area contributed by atoms with Crippen molar-refractivity contribution in [2.45, 2.75) is 13.5 Å². The second-order valence-electron chi connectivity index (χ2n) is 3.57. The first-order chi connectivity index (χ1) is 7.63. The van der Waals surface area contributed by atoms with Gasteiger partial charge in [-0.05, 0) is 25.6 Å². The topological polar surface area (TPSA) is 29.5 Å². The van der Waals surface area contributed by atoms with Crippen molar-refractivity contribution in [1.82, 2.24) is 4.90 Å². The first-order valence-corrected chi connectivity index (χ1v) is 6.00. The van der Waals surface area contributed by atoms with Gasteiger partial charge in [0.25, 0.3) is 0 Å². The van der Waals surface area contributed by atoms with Crippen LogP contribution in [0, 0.1) is 0 Å². The zero-order chi connectivity index (χ0) is 12.0. The molecule has 0 fully saturated rings. The van der Waals surface area contributed by atoms with E-state index in [4.69, 9.17) is 4.74 Å². The van der Waals surface area contributed by atoms with Gasteiger partial charge in [-0.1, -0.05) is 34.1 Å². The van der Waals surface area contributed by atoms with E-state index in [2.05, 4.69) is 15.9 Å². The van der Waals surface area contributed by atoms with E-state index in [1.54, 1.807) is 0 Å². The molecule has 16 heavy (non-hydrogen) atoms. The minimum absolute atomic E-state index is 0.183. The average Bonchev–Trinajstić information content (AvgIpc) is 2.21. The number of carbonyl (C=O) groups is 1. The summed E-state index contributed by atoms with van der Waals surface area (Å²) >= 11 is 3.48. The molecule has 4 heteroatoms. The molecule has 0 aromatic heterocycles. The SMILES string of the molecule is CCOC(=O)CN(C)Cc1ccccc1Br. The summed E-state index contributed by atoms with van der Waals surface area (Å²) in [5.41, 5.74) is 1.16. The van der Waals surface area contributed by atoms with E-state index in [9.17, 15) is 4.79 Å². The fourth-order valence-electron chi connectivity index (χ4n) is 1.40. The Kier molecular flexibility index (Phi) is 5.49. The average molecular weight is 286 g/mol. The summed E-state index contributed by atoms with van der Waals surface area (Å²) in [6.07, 6.45) is 0. The van der Waals surface area contributed by atoms with E-state index in [1.165, 1.54) is 0 Å². The normalized spacial score (nSPS) is 10.5. The van der Waals surface area contributed by atoms with Gasteiger partial charge in [-0.15, -0.1) is 0 Å². The zero-order valence-electron chi connectivity index (χ0n) is 9.57. The van der Waals surface area contributed by atoms with Crippen molar-refractivity contribution in [3.63, 3.8) is 0 Å². The highest BCUT2D eigenvalue weighted by atomic mass is 79.9. The first-order valence-electron chi connectivity index (χ1n) is 5.21.